The van der Waals surface area contributed by atoms with Crippen molar-refractivity contribution in [2.24, 2.45) is 14.1 Å². The molecule has 7 nitrogen and oxygen atoms in total. The minimum absolute atomic E-state index is 0.0602. The minimum Gasteiger partial charge on any atom is -0.352 e. The summed E-state index contributed by atoms with van der Waals surface area (Å²) in [7, 11) is 3.28. The smallest absolute Gasteiger partial charge is 0.332 e. The average molecular weight is 428 g/mol. The third-order valence-corrected chi connectivity index (χ3v) is 5.38. The Morgan fingerprint density at radius 2 is 1.73 bits per heavy atom. The van der Waals surface area contributed by atoms with E-state index in [-0.39, 0.29) is 18.0 Å². The molecule has 0 radical (unpaired) electrons. The lowest BCUT2D eigenvalue weighted by Crippen LogP contribution is -2.39. The van der Waals surface area contributed by atoms with Crippen LogP contribution in [0.1, 0.15) is 11.1 Å². The summed E-state index contributed by atoms with van der Waals surface area (Å²) in [6.07, 6.45) is 0. The first-order valence-corrected chi connectivity index (χ1v) is 9.62. The number of hydrogen-bond donors (Lipinski definition) is 1. The molecule has 154 valence electrons. The van der Waals surface area contributed by atoms with Gasteiger partial charge in [-0.3, -0.25) is 13.9 Å². The van der Waals surface area contributed by atoms with Gasteiger partial charge in [-0.05, 0) is 29.3 Å². The van der Waals surface area contributed by atoms with Gasteiger partial charge in [-0.2, -0.15) is 4.98 Å². The number of hydrogen-bond acceptors (Lipinski definition) is 4. The molecule has 0 unspecified atom stereocenters. The van der Waals surface area contributed by atoms with Crippen molar-refractivity contribution in [1.82, 2.24) is 18.7 Å². The van der Waals surface area contributed by atoms with E-state index < -0.39 is 11.2 Å². The molecule has 4 rings (SSSR count). The maximum Gasteiger partial charge on any atom is 0.332 e. The lowest BCUT2D eigenvalue weighted by Gasteiger charge is -2.10. The normalized spacial score (nSPS) is 11.2. The van der Waals surface area contributed by atoms with Gasteiger partial charge in [-0.25, -0.2) is 9.18 Å². The van der Waals surface area contributed by atoms with Crippen LogP contribution in [-0.2, 0) is 27.2 Å². The van der Waals surface area contributed by atoms with Crippen molar-refractivity contribution in [3.8, 4) is 0 Å². The van der Waals surface area contributed by atoms with Gasteiger partial charge in [0.1, 0.15) is 5.82 Å². The second kappa shape index (κ2) is 7.79. The van der Waals surface area contributed by atoms with Gasteiger partial charge < -0.3 is 9.88 Å². The van der Waals surface area contributed by atoms with E-state index in [0.29, 0.717) is 28.6 Å². The van der Waals surface area contributed by atoms with Crippen molar-refractivity contribution in [2.45, 2.75) is 13.1 Å². The number of rotatable bonds is 5. The van der Waals surface area contributed by atoms with Crippen molar-refractivity contribution >= 4 is 28.7 Å². The molecule has 0 aliphatic heterocycles. The molecule has 0 atom stereocenters. The quantitative estimate of drug-likeness (QED) is 0.531. The second-order valence-corrected chi connectivity index (χ2v) is 7.38. The highest BCUT2D eigenvalue weighted by atomic mass is 35.5. The Hall–Kier alpha value is -3.39. The van der Waals surface area contributed by atoms with E-state index in [9.17, 15) is 14.0 Å². The van der Waals surface area contributed by atoms with E-state index in [1.807, 2.05) is 0 Å². The van der Waals surface area contributed by atoms with Crippen molar-refractivity contribution < 1.29 is 4.39 Å². The highest BCUT2D eigenvalue weighted by Crippen LogP contribution is 2.17. The molecule has 0 saturated heterocycles. The van der Waals surface area contributed by atoms with Crippen LogP contribution in [0.25, 0.3) is 11.2 Å². The third kappa shape index (κ3) is 3.50. The third-order valence-electron chi connectivity index (χ3n) is 5.01. The van der Waals surface area contributed by atoms with Crippen LogP contribution in [0.15, 0.2) is 58.1 Å². The zero-order valence-electron chi connectivity index (χ0n) is 16.4. The van der Waals surface area contributed by atoms with Gasteiger partial charge in [0.2, 0.25) is 5.95 Å². The van der Waals surface area contributed by atoms with Crippen molar-refractivity contribution in [2.75, 3.05) is 5.32 Å². The number of nitrogens with zero attached hydrogens (tertiary/aromatic N) is 4. The number of benzene rings is 2. The molecule has 0 amide bonds. The highest BCUT2D eigenvalue weighted by molar-refractivity contribution is 6.31. The Morgan fingerprint density at radius 1 is 1.03 bits per heavy atom. The Bertz CT molecular complexity index is 1360. The molecule has 1 N–H and O–H groups in total. The minimum atomic E-state index is -0.476. The van der Waals surface area contributed by atoms with E-state index in [1.54, 1.807) is 55.1 Å². The average Bonchev–Trinajstić information content (AvgIpc) is 3.07. The van der Waals surface area contributed by atoms with Crippen LogP contribution in [0.5, 0.6) is 0 Å². The zero-order valence-corrected chi connectivity index (χ0v) is 17.2. The summed E-state index contributed by atoms with van der Waals surface area (Å²) in [4.78, 5) is 30.4. The molecular formula is C21H19ClFN5O2. The number of halogens is 2. The molecule has 2 aromatic carbocycles. The lowest BCUT2D eigenvalue weighted by atomic mass is 10.2. The largest absolute Gasteiger partial charge is 0.352 e. The van der Waals surface area contributed by atoms with Gasteiger partial charge in [0.05, 0.1) is 6.54 Å². The fourth-order valence-electron chi connectivity index (χ4n) is 3.32. The molecule has 30 heavy (non-hydrogen) atoms. The Balaban J connectivity index is 1.75. The highest BCUT2D eigenvalue weighted by Gasteiger charge is 2.19. The van der Waals surface area contributed by atoms with Gasteiger partial charge in [-0.15, -0.1) is 0 Å². The first kappa shape index (κ1) is 19.9. The van der Waals surface area contributed by atoms with Crippen LogP contribution in [0.4, 0.5) is 10.3 Å². The van der Waals surface area contributed by atoms with Crippen LogP contribution in [0.2, 0.25) is 5.02 Å². The Morgan fingerprint density at radius 3 is 2.43 bits per heavy atom. The van der Waals surface area contributed by atoms with Gasteiger partial charge in [-0.1, -0.05) is 41.9 Å². The van der Waals surface area contributed by atoms with Crippen LogP contribution >= 0.6 is 11.6 Å². The number of imidazole rings is 1. The molecule has 4 aromatic rings. The molecule has 0 spiro atoms. The monoisotopic (exact) mass is 427 g/mol. The summed E-state index contributed by atoms with van der Waals surface area (Å²) in [5.74, 6) is 0.118. The van der Waals surface area contributed by atoms with Gasteiger partial charge in [0.15, 0.2) is 11.2 Å². The number of anilines is 1. The van der Waals surface area contributed by atoms with Crippen LogP contribution in [0.3, 0.4) is 0 Å². The summed E-state index contributed by atoms with van der Waals surface area (Å²) in [5.41, 5.74) is 1.19. The standard InChI is InChI=1S/C21H19ClFN5O2/c1-26-17-18(25-20(26)24-11-13-7-9-15(23)10-8-13)27(2)21(30)28(19(17)29)12-14-5-3-4-6-16(14)22/h3-10H,11-12H2,1-2H3,(H,24,25). The van der Waals surface area contributed by atoms with E-state index in [0.717, 1.165) is 10.1 Å². The van der Waals surface area contributed by atoms with Gasteiger partial charge in [0.25, 0.3) is 5.56 Å². The summed E-state index contributed by atoms with van der Waals surface area (Å²) < 4.78 is 17.2. The number of fused-ring (bicyclic) bond motifs is 1. The maximum absolute atomic E-state index is 13.1. The summed E-state index contributed by atoms with van der Waals surface area (Å²) in [5, 5.41) is 3.62. The molecule has 0 bridgehead atoms. The van der Waals surface area contributed by atoms with Crippen molar-refractivity contribution in [3.63, 3.8) is 0 Å². The predicted octanol–water partition coefficient (Wildman–Crippen LogP) is 2.89. The Kier molecular flexibility index (Phi) is 5.17. The molecular weight excluding hydrogens is 409 g/mol. The molecule has 0 aliphatic rings. The van der Waals surface area contributed by atoms with E-state index in [1.165, 1.54) is 16.7 Å². The summed E-state index contributed by atoms with van der Waals surface area (Å²) >= 11 is 6.21. The topological polar surface area (TPSA) is 73.8 Å². The van der Waals surface area contributed by atoms with E-state index in [4.69, 9.17) is 11.6 Å². The fraction of sp³-hybridized carbons (Fsp3) is 0.190. The molecule has 0 aliphatic carbocycles. The Labute approximate surface area is 176 Å². The zero-order chi connectivity index (χ0) is 21.4. The van der Waals surface area contributed by atoms with Crippen LogP contribution in [0, 0.1) is 5.82 Å². The van der Waals surface area contributed by atoms with Gasteiger partial charge in [0, 0.05) is 25.7 Å². The molecule has 2 aromatic heterocycles. The van der Waals surface area contributed by atoms with Crippen molar-refractivity contribution in [3.05, 3.63) is 91.3 Å². The molecule has 2 heterocycles. The van der Waals surface area contributed by atoms with Crippen molar-refractivity contribution in [1.29, 1.82) is 0 Å². The van der Waals surface area contributed by atoms with Crippen LogP contribution in [-0.4, -0.2) is 18.7 Å². The maximum atomic E-state index is 13.1. The van der Waals surface area contributed by atoms with E-state index >= 15 is 0 Å². The van der Waals surface area contributed by atoms with Gasteiger partial charge >= 0.3 is 5.69 Å². The second-order valence-electron chi connectivity index (χ2n) is 6.97. The fourth-order valence-corrected chi connectivity index (χ4v) is 3.52. The first-order valence-electron chi connectivity index (χ1n) is 9.25. The summed E-state index contributed by atoms with van der Waals surface area (Å²) in [6.45, 7) is 0.448. The molecule has 9 heteroatoms. The number of aromatic nitrogens is 4. The molecule has 0 saturated carbocycles. The lowest BCUT2D eigenvalue weighted by molar-refractivity contribution is 0.627. The summed E-state index contributed by atoms with van der Waals surface area (Å²) in [6, 6.07) is 13.2. The predicted molar refractivity (Wildman–Crippen MR) is 114 cm³/mol. The van der Waals surface area contributed by atoms with Crippen LogP contribution < -0.4 is 16.6 Å². The first-order chi connectivity index (χ1) is 14.4. The SMILES string of the molecule is Cn1c(NCc2ccc(F)cc2)nc2c1c(=O)n(Cc1ccccc1Cl)c(=O)n2C. The molecule has 0 fully saturated rings. The number of aryl methyl sites for hydroxylation is 2. The van der Waals surface area contributed by atoms with E-state index in [2.05, 4.69) is 10.3 Å². The number of nitrogens with one attached hydrogen (secondary N) is 1.